The molecule has 2 aromatic heterocycles. The van der Waals surface area contributed by atoms with Gasteiger partial charge < -0.3 is 15.3 Å². The molecule has 3 aliphatic rings. The van der Waals surface area contributed by atoms with E-state index in [9.17, 15) is 18.3 Å². The lowest BCUT2D eigenvalue weighted by molar-refractivity contribution is 0.0267. The van der Waals surface area contributed by atoms with E-state index in [2.05, 4.69) is 27.2 Å². The number of hydrogen-bond donors (Lipinski definition) is 2. The second-order valence-electron chi connectivity index (χ2n) is 11.0. The van der Waals surface area contributed by atoms with E-state index >= 15 is 0 Å². The highest BCUT2D eigenvalue weighted by Crippen LogP contribution is 2.39. The topological polar surface area (TPSA) is 121 Å². The second-order valence-corrected chi connectivity index (χ2v) is 13.1. The van der Waals surface area contributed by atoms with Crippen molar-refractivity contribution in [1.82, 2.24) is 23.7 Å². The number of likely N-dealkylation sites (tertiary alicyclic amines) is 1. The molecule has 1 saturated carbocycles. The lowest BCUT2D eigenvalue weighted by Gasteiger charge is -2.32. The van der Waals surface area contributed by atoms with Gasteiger partial charge in [-0.25, -0.2) is 17.7 Å². The van der Waals surface area contributed by atoms with Crippen LogP contribution in [-0.2, 0) is 10.0 Å². The van der Waals surface area contributed by atoms with Crippen molar-refractivity contribution in [2.24, 2.45) is 0 Å². The Balaban J connectivity index is 1.24. The van der Waals surface area contributed by atoms with Crippen molar-refractivity contribution < 1.29 is 13.5 Å². The summed E-state index contributed by atoms with van der Waals surface area (Å²) in [5.41, 5.74) is 0.611. The number of hydrogen-bond acceptors (Lipinski definition) is 8. The number of aromatic nitrogens is 3. The molecule has 11 heteroatoms. The van der Waals surface area contributed by atoms with E-state index in [1.54, 1.807) is 28.1 Å². The summed E-state index contributed by atoms with van der Waals surface area (Å²) in [5, 5.41) is 15.0. The first kappa shape index (κ1) is 26.3. The number of nitrogens with zero attached hydrogens (tertiary/aromatic N) is 5. The fraction of sp³-hybridized carbons (Fsp3) is 0.654. The van der Waals surface area contributed by atoms with Gasteiger partial charge in [0.2, 0.25) is 16.0 Å². The number of aliphatic hydroxyl groups is 1. The number of piperidine rings is 2. The standard InChI is InChI=1S/C26H38N6O4S/c1-26(34)12-3-4-22(26)32-23(33)6-5-20-18-27-25(29-24(20)32)28-21-9-15-31(16-10-21)37(35,36)17-11-19-7-13-30(2)14-8-19/h5-6,11,18,21-22,34H,3-4,7-10,12-17H2,1-2H3,(H,27,28,29)/t22-,26-/m1/s1. The maximum atomic E-state index is 12.9. The fourth-order valence-corrected chi connectivity index (χ4v) is 7.27. The molecule has 0 spiro atoms. The Bertz CT molecular complexity index is 1320. The molecule has 37 heavy (non-hydrogen) atoms. The third-order valence-corrected chi connectivity index (χ3v) is 9.99. The van der Waals surface area contributed by atoms with E-state index in [0.29, 0.717) is 43.9 Å². The third kappa shape index (κ3) is 5.74. The van der Waals surface area contributed by atoms with Gasteiger partial charge in [-0.3, -0.25) is 9.36 Å². The van der Waals surface area contributed by atoms with Crippen molar-refractivity contribution in [2.75, 3.05) is 44.3 Å². The Morgan fingerprint density at radius 2 is 1.89 bits per heavy atom. The quantitative estimate of drug-likeness (QED) is 0.545. The Hall–Kier alpha value is -2.34. The van der Waals surface area contributed by atoms with E-state index in [1.807, 2.05) is 6.08 Å². The summed E-state index contributed by atoms with van der Waals surface area (Å²) in [7, 11) is -1.24. The van der Waals surface area contributed by atoms with Crippen LogP contribution in [-0.4, -0.2) is 87.9 Å². The molecule has 2 N–H and O–H groups in total. The van der Waals surface area contributed by atoms with Gasteiger partial charge in [-0.2, -0.15) is 4.98 Å². The normalized spacial score (nSPS) is 26.6. The van der Waals surface area contributed by atoms with Gasteiger partial charge in [-0.15, -0.1) is 0 Å². The Morgan fingerprint density at radius 3 is 2.57 bits per heavy atom. The number of sulfonamides is 1. The lowest BCUT2D eigenvalue weighted by atomic mass is 10.00. The first-order valence-corrected chi connectivity index (χ1v) is 14.9. The molecule has 4 heterocycles. The molecule has 10 nitrogen and oxygen atoms in total. The highest BCUT2D eigenvalue weighted by molar-refractivity contribution is 7.89. The summed E-state index contributed by atoms with van der Waals surface area (Å²) in [5.74, 6) is 0.484. The zero-order valence-electron chi connectivity index (χ0n) is 21.8. The van der Waals surface area contributed by atoms with E-state index in [1.165, 1.54) is 11.6 Å². The average molecular weight is 531 g/mol. The van der Waals surface area contributed by atoms with Crippen LogP contribution in [0.3, 0.4) is 0 Å². The van der Waals surface area contributed by atoms with Gasteiger partial charge >= 0.3 is 0 Å². The fourth-order valence-electron chi connectivity index (χ4n) is 5.85. The molecule has 2 aliphatic heterocycles. The van der Waals surface area contributed by atoms with Gasteiger partial charge in [0.15, 0.2) is 0 Å². The minimum absolute atomic E-state index is 0.0367. The minimum Gasteiger partial charge on any atom is -0.388 e. The van der Waals surface area contributed by atoms with Crippen LogP contribution in [0, 0.1) is 0 Å². The molecule has 0 aromatic carbocycles. The first-order valence-electron chi connectivity index (χ1n) is 13.3. The van der Waals surface area contributed by atoms with Crippen LogP contribution in [0.25, 0.3) is 11.0 Å². The molecule has 0 radical (unpaired) electrons. The van der Waals surface area contributed by atoms with Gasteiger partial charge in [0.25, 0.3) is 5.56 Å². The largest absolute Gasteiger partial charge is 0.388 e. The zero-order valence-corrected chi connectivity index (χ0v) is 22.6. The summed E-state index contributed by atoms with van der Waals surface area (Å²) in [6, 6.07) is 2.93. The van der Waals surface area contributed by atoms with Crippen molar-refractivity contribution in [3.05, 3.63) is 40.3 Å². The summed E-state index contributed by atoms with van der Waals surface area (Å²) in [6.45, 7) is 4.65. The van der Waals surface area contributed by atoms with E-state index in [-0.39, 0.29) is 23.4 Å². The van der Waals surface area contributed by atoms with Gasteiger partial charge in [0.05, 0.1) is 17.4 Å². The number of pyridine rings is 1. The highest BCUT2D eigenvalue weighted by atomic mass is 32.2. The molecular weight excluding hydrogens is 492 g/mol. The van der Waals surface area contributed by atoms with E-state index in [4.69, 9.17) is 0 Å². The molecule has 5 rings (SSSR count). The second kappa shape index (κ2) is 10.4. The summed E-state index contributed by atoms with van der Waals surface area (Å²) in [6.07, 6.45) is 9.02. The van der Waals surface area contributed by atoms with Gasteiger partial charge in [0, 0.05) is 49.9 Å². The number of fused-ring (bicyclic) bond motifs is 1. The van der Waals surface area contributed by atoms with Gasteiger partial charge in [-0.1, -0.05) is 11.6 Å². The van der Waals surface area contributed by atoms with E-state index < -0.39 is 15.6 Å². The Kier molecular flexibility index (Phi) is 7.41. The van der Waals surface area contributed by atoms with Crippen LogP contribution in [0.1, 0.15) is 57.9 Å². The first-order chi connectivity index (χ1) is 17.6. The van der Waals surface area contributed by atoms with Crippen molar-refractivity contribution in [3.8, 4) is 0 Å². The predicted octanol–water partition coefficient (Wildman–Crippen LogP) is 2.13. The van der Waals surface area contributed by atoms with Crippen LogP contribution >= 0.6 is 0 Å². The highest BCUT2D eigenvalue weighted by Gasteiger charge is 2.39. The zero-order chi connectivity index (χ0) is 26.2. The molecule has 2 aromatic rings. The van der Waals surface area contributed by atoms with Gasteiger partial charge in [-0.05, 0) is 65.0 Å². The van der Waals surface area contributed by atoms with Crippen molar-refractivity contribution in [2.45, 2.75) is 69.6 Å². The van der Waals surface area contributed by atoms with Crippen LogP contribution in [0.15, 0.2) is 34.8 Å². The minimum atomic E-state index is -3.33. The third-order valence-electron chi connectivity index (χ3n) is 8.25. The summed E-state index contributed by atoms with van der Waals surface area (Å²) < 4.78 is 29.1. The summed E-state index contributed by atoms with van der Waals surface area (Å²) >= 11 is 0. The van der Waals surface area contributed by atoms with Crippen LogP contribution in [0.4, 0.5) is 5.95 Å². The van der Waals surface area contributed by atoms with Crippen LogP contribution in [0.2, 0.25) is 0 Å². The van der Waals surface area contributed by atoms with E-state index in [0.717, 1.165) is 44.2 Å². The molecule has 0 bridgehead atoms. The molecule has 0 unspecified atom stereocenters. The number of anilines is 1. The molecule has 0 amide bonds. The van der Waals surface area contributed by atoms with Crippen molar-refractivity contribution >= 4 is 27.0 Å². The molecule has 3 fully saturated rings. The summed E-state index contributed by atoms with van der Waals surface area (Å²) in [4.78, 5) is 24.2. The molecule has 2 saturated heterocycles. The van der Waals surface area contributed by atoms with Crippen LogP contribution in [0.5, 0.6) is 0 Å². The van der Waals surface area contributed by atoms with Crippen molar-refractivity contribution in [3.63, 3.8) is 0 Å². The monoisotopic (exact) mass is 530 g/mol. The molecule has 202 valence electrons. The average Bonchev–Trinajstić information content (AvgIpc) is 3.22. The van der Waals surface area contributed by atoms with Gasteiger partial charge in [0.1, 0.15) is 5.65 Å². The molecule has 1 aliphatic carbocycles. The number of rotatable bonds is 6. The van der Waals surface area contributed by atoms with Crippen molar-refractivity contribution in [1.29, 1.82) is 0 Å². The number of nitrogens with one attached hydrogen (secondary N) is 1. The molecular formula is C26H38N6O4S. The van der Waals surface area contributed by atoms with Crippen LogP contribution < -0.4 is 10.9 Å². The maximum absolute atomic E-state index is 12.9. The lowest BCUT2D eigenvalue weighted by Crippen LogP contribution is -2.43. The SMILES string of the molecule is CN1CCC(=CCS(=O)(=O)N2CCC(Nc3ncc4ccc(=O)n([C@@H]5CCC[C@@]5(C)O)c4n3)CC2)CC1. The Morgan fingerprint density at radius 1 is 1.16 bits per heavy atom. The smallest absolute Gasteiger partial charge is 0.252 e. The Labute approximate surface area is 218 Å². The maximum Gasteiger partial charge on any atom is 0.252 e. The molecule has 2 atom stereocenters. The predicted molar refractivity (Wildman–Crippen MR) is 144 cm³/mol.